The van der Waals surface area contributed by atoms with Gasteiger partial charge in [0, 0.05) is 25.6 Å². The van der Waals surface area contributed by atoms with Crippen LogP contribution < -0.4 is 10.1 Å². The highest BCUT2D eigenvalue weighted by molar-refractivity contribution is 7.90. The number of carbonyl (C=O) groups is 3. The van der Waals surface area contributed by atoms with Gasteiger partial charge in [-0.15, -0.1) is 0 Å². The molecular weight excluding hydrogens is 470 g/mol. The Bertz CT molecular complexity index is 1210. The second-order valence-corrected chi connectivity index (χ2v) is 10.3. The molecule has 9 nitrogen and oxygen atoms in total. The van der Waals surface area contributed by atoms with Crippen molar-refractivity contribution < 1.29 is 27.5 Å². The molecule has 0 aliphatic carbocycles. The zero-order chi connectivity index (χ0) is 25.8. The Labute approximate surface area is 206 Å². The van der Waals surface area contributed by atoms with Gasteiger partial charge in [-0.05, 0) is 50.1 Å². The van der Waals surface area contributed by atoms with Gasteiger partial charge in [-0.2, -0.15) is 0 Å². The van der Waals surface area contributed by atoms with Crippen LogP contribution in [-0.2, 0) is 26.2 Å². The average molecular weight is 502 g/mol. The minimum atomic E-state index is -4.02. The number of carbonyl (C=O) groups excluding carboxylic acids is 3. The van der Waals surface area contributed by atoms with Gasteiger partial charge in [-0.25, -0.2) is 12.7 Å². The second-order valence-electron chi connectivity index (χ2n) is 8.50. The van der Waals surface area contributed by atoms with Gasteiger partial charge in [-0.3, -0.25) is 14.4 Å². The fourth-order valence-electron chi connectivity index (χ4n) is 3.81. The molecule has 3 rings (SSSR count). The third-order valence-corrected chi connectivity index (χ3v) is 7.94. The van der Waals surface area contributed by atoms with Crippen molar-refractivity contribution in [2.24, 2.45) is 0 Å². The summed E-state index contributed by atoms with van der Waals surface area (Å²) < 4.78 is 31.7. The van der Waals surface area contributed by atoms with Gasteiger partial charge in [0.05, 0.1) is 12.7 Å². The highest BCUT2D eigenvalue weighted by atomic mass is 32.2. The molecule has 188 valence electrons. The van der Waals surface area contributed by atoms with Crippen molar-refractivity contribution in [1.29, 1.82) is 0 Å². The fraction of sp³-hybridized carbons (Fsp3) is 0.400. The summed E-state index contributed by atoms with van der Waals surface area (Å²) in [5, 5.41) is 2.88. The molecule has 2 aromatic rings. The van der Waals surface area contributed by atoms with E-state index >= 15 is 0 Å². The van der Waals surface area contributed by atoms with Gasteiger partial charge in [-0.1, -0.05) is 31.2 Å². The van der Waals surface area contributed by atoms with Crippen LogP contribution in [0.3, 0.4) is 0 Å². The Morgan fingerprint density at radius 2 is 1.83 bits per heavy atom. The van der Waals surface area contributed by atoms with Gasteiger partial charge >= 0.3 is 0 Å². The molecule has 1 aliphatic heterocycles. The number of amides is 3. The Morgan fingerprint density at radius 1 is 1.11 bits per heavy atom. The van der Waals surface area contributed by atoms with Crippen molar-refractivity contribution in [1.82, 2.24) is 14.5 Å². The minimum Gasteiger partial charge on any atom is -0.497 e. The lowest BCUT2D eigenvalue weighted by Crippen LogP contribution is -2.50. The lowest BCUT2D eigenvalue weighted by Gasteiger charge is -2.30. The van der Waals surface area contributed by atoms with Gasteiger partial charge in [0.2, 0.25) is 11.8 Å². The monoisotopic (exact) mass is 501 g/mol. The van der Waals surface area contributed by atoms with E-state index in [4.69, 9.17) is 4.74 Å². The van der Waals surface area contributed by atoms with Crippen LogP contribution in [0, 0.1) is 0 Å². The van der Waals surface area contributed by atoms with Crippen LogP contribution in [0.15, 0.2) is 53.4 Å². The van der Waals surface area contributed by atoms with Crippen LogP contribution >= 0.6 is 0 Å². The standard InChI is InChI=1S/C25H31N3O6S/c1-5-17(2)26-24(30)18(3)27(16-19-9-8-10-20(15-19)34-4)23(29)13-14-28-25(31)21-11-6-7-12-22(21)35(28,32)33/h6-12,15,17-18H,5,13-14,16H2,1-4H3,(H,26,30). The summed E-state index contributed by atoms with van der Waals surface area (Å²) >= 11 is 0. The highest BCUT2D eigenvalue weighted by Crippen LogP contribution is 2.30. The summed E-state index contributed by atoms with van der Waals surface area (Å²) in [5.74, 6) is -0.806. The number of sulfonamides is 1. The molecule has 0 saturated carbocycles. The molecule has 0 bridgehead atoms. The molecule has 2 aromatic carbocycles. The maximum absolute atomic E-state index is 13.3. The number of rotatable bonds is 10. The first kappa shape index (κ1) is 26.2. The summed E-state index contributed by atoms with van der Waals surface area (Å²) in [7, 11) is -2.49. The number of hydrogen-bond acceptors (Lipinski definition) is 6. The summed E-state index contributed by atoms with van der Waals surface area (Å²) in [4.78, 5) is 40.2. The van der Waals surface area contributed by atoms with Crippen LogP contribution in [-0.4, -0.2) is 61.1 Å². The van der Waals surface area contributed by atoms with Crippen molar-refractivity contribution in [3.8, 4) is 5.75 Å². The number of fused-ring (bicyclic) bond motifs is 1. The molecule has 2 unspecified atom stereocenters. The molecule has 0 saturated heterocycles. The number of benzene rings is 2. The van der Waals surface area contributed by atoms with E-state index in [1.165, 1.54) is 24.1 Å². The van der Waals surface area contributed by atoms with Crippen LogP contribution in [0.4, 0.5) is 0 Å². The molecule has 0 aromatic heterocycles. The first-order chi connectivity index (χ1) is 16.6. The molecule has 2 atom stereocenters. The van der Waals surface area contributed by atoms with Crippen molar-refractivity contribution in [3.63, 3.8) is 0 Å². The molecular formula is C25H31N3O6S. The topological polar surface area (TPSA) is 113 Å². The minimum absolute atomic E-state index is 0.0630. The molecule has 1 aliphatic rings. The van der Waals surface area contributed by atoms with Crippen LogP contribution in [0.25, 0.3) is 0 Å². The van der Waals surface area contributed by atoms with E-state index in [1.807, 2.05) is 19.9 Å². The number of methoxy groups -OCH3 is 1. The second kappa shape index (κ2) is 10.9. The third-order valence-electron chi connectivity index (χ3n) is 6.10. The van der Waals surface area contributed by atoms with Crippen molar-refractivity contribution in [2.75, 3.05) is 13.7 Å². The van der Waals surface area contributed by atoms with E-state index in [-0.39, 0.29) is 41.9 Å². The normalized spacial score (nSPS) is 15.8. The van der Waals surface area contributed by atoms with E-state index in [2.05, 4.69) is 5.32 Å². The van der Waals surface area contributed by atoms with Crippen LogP contribution in [0.2, 0.25) is 0 Å². The molecule has 0 spiro atoms. The van der Waals surface area contributed by atoms with Crippen LogP contribution in [0.1, 0.15) is 49.5 Å². The van der Waals surface area contributed by atoms with E-state index < -0.39 is 27.9 Å². The molecule has 1 heterocycles. The Balaban J connectivity index is 1.81. The molecule has 3 amide bonds. The predicted octanol–water partition coefficient (Wildman–Crippen LogP) is 2.56. The average Bonchev–Trinajstić information content (AvgIpc) is 3.05. The van der Waals surface area contributed by atoms with Gasteiger partial charge in [0.25, 0.3) is 15.9 Å². The smallest absolute Gasteiger partial charge is 0.269 e. The Morgan fingerprint density at radius 3 is 2.49 bits per heavy atom. The lowest BCUT2D eigenvalue weighted by atomic mass is 10.1. The molecule has 1 N–H and O–H groups in total. The maximum Gasteiger partial charge on any atom is 0.269 e. The zero-order valence-corrected chi connectivity index (χ0v) is 21.2. The molecule has 10 heteroatoms. The van der Waals surface area contributed by atoms with E-state index in [0.29, 0.717) is 5.75 Å². The number of nitrogens with one attached hydrogen (secondary N) is 1. The predicted molar refractivity (Wildman–Crippen MR) is 130 cm³/mol. The Hall–Kier alpha value is -3.40. The fourth-order valence-corrected chi connectivity index (χ4v) is 5.38. The van der Waals surface area contributed by atoms with E-state index in [1.54, 1.807) is 37.3 Å². The maximum atomic E-state index is 13.3. The molecule has 35 heavy (non-hydrogen) atoms. The third kappa shape index (κ3) is 5.64. The van der Waals surface area contributed by atoms with Crippen LogP contribution in [0.5, 0.6) is 5.75 Å². The SMILES string of the molecule is CCC(C)NC(=O)C(C)N(Cc1cccc(OC)c1)C(=O)CCN1C(=O)c2ccccc2S1(=O)=O. The first-order valence-electron chi connectivity index (χ1n) is 11.5. The highest BCUT2D eigenvalue weighted by Gasteiger charge is 2.41. The first-order valence-corrected chi connectivity index (χ1v) is 12.9. The zero-order valence-electron chi connectivity index (χ0n) is 20.4. The summed E-state index contributed by atoms with van der Waals surface area (Å²) in [6.07, 6.45) is 0.474. The van der Waals surface area contributed by atoms with Crippen molar-refractivity contribution >= 4 is 27.7 Å². The summed E-state index contributed by atoms with van der Waals surface area (Å²) in [6.45, 7) is 5.25. The number of ether oxygens (including phenoxy) is 1. The summed E-state index contributed by atoms with van der Waals surface area (Å²) in [6, 6.07) is 12.2. The van der Waals surface area contributed by atoms with Gasteiger partial charge in [0.1, 0.15) is 16.7 Å². The van der Waals surface area contributed by atoms with E-state index in [9.17, 15) is 22.8 Å². The molecule has 0 radical (unpaired) electrons. The van der Waals surface area contributed by atoms with Gasteiger partial charge < -0.3 is 15.0 Å². The van der Waals surface area contributed by atoms with E-state index in [0.717, 1.165) is 16.3 Å². The number of hydrogen-bond donors (Lipinski definition) is 1. The lowest BCUT2D eigenvalue weighted by molar-refractivity contribution is -0.140. The summed E-state index contributed by atoms with van der Waals surface area (Å²) in [5.41, 5.74) is 0.840. The van der Waals surface area contributed by atoms with Crippen molar-refractivity contribution in [2.45, 2.75) is 57.1 Å². The quantitative estimate of drug-likeness (QED) is 0.535. The Kier molecular flexibility index (Phi) is 8.16. The largest absolute Gasteiger partial charge is 0.497 e. The van der Waals surface area contributed by atoms with Crippen molar-refractivity contribution in [3.05, 3.63) is 59.7 Å². The number of nitrogens with zero attached hydrogens (tertiary/aromatic N) is 2. The van der Waals surface area contributed by atoms with Gasteiger partial charge in [0.15, 0.2) is 0 Å². The molecule has 0 fully saturated rings.